The molecule has 0 saturated carbocycles. The fraction of sp³-hybridized carbons (Fsp3) is 0.417. The fourth-order valence-corrected chi connectivity index (χ4v) is 2.24. The first-order valence-corrected chi connectivity index (χ1v) is 7.43. The van der Waals surface area contributed by atoms with Gasteiger partial charge in [0.25, 0.3) is 5.91 Å². The molecule has 1 unspecified atom stereocenters. The van der Waals surface area contributed by atoms with Crippen molar-refractivity contribution in [3.63, 3.8) is 0 Å². The van der Waals surface area contributed by atoms with E-state index in [1.807, 2.05) is 13.8 Å². The lowest BCUT2D eigenvalue weighted by molar-refractivity contribution is 0.0937. The van der Waals surface area contributed by atoms with Crippen molar-refractivity contribution in [2.45, 2.75) is 37.6 Å². The first-order valence-electron chi connectivity index (χ1n) is 5.88. The summed E-state index contributed by atoms with van der Waals surface area (Å²) in [6.07, 6.45) is 1.68. The van der Waals surface area contributed by atoms with Crippen molar-refractivity contribution in [1.82, 2.24) is 5.32 Å². The number of primary sulfonamides is 1. The number of sulfonamides is 1. The van der Waals surface area contributed by atoms with Crippen LogP contribution in [-0.4, -0.2) is 20.4 Å². The maximum atomic E-state index is 13.3. The van der Waals surface area contributed by atoms with E-state index in [4.69, 9.17) is 5.14 Å². The maximum absolute atomic E-state index is 13.3. The van der Waals surface area contributed by atoms with Gasteiger partial charge in [-0.05, 0) is 31.5 Å². The molecule has 0 bridgehead atoms. The van der Waals surface area contributed by atoms with E-state index < -0.39 is 26.6 Å². The third-order valence-electron chi connectivity index (χ3n) is 2.56. The van der Waals surface area contributed by atoms with Gasteiger partial charge in [-0.3, -0.25) is 4.79 Å². The number of rotatable bonds is 5. The number of amides is 1. The summed E-state index contributed by atoms with van der Waals surface area (Å²) in [4.78, 5) is 11.4. The van der Waals surface area contributed by atoms with Crippen molar-refractivity contribution in [2.75, 3.05) is 0 Å². The number of carbonyl (C=O) groups is 1. The smallest absolute Gasteiger partial charge is 0.251 e. The Labute approximate surface area is 112 Å². The van der Waals surface area contributed by atoms with Gasteiger partial charge in [0.1, 0.15) is 5.82 Å². The zero-order valence-electron chi connectivity index (χ0n) is 10.8. The van der Waals surface area contributed by atoms with Crippen LogP contribution in [0.25, 0.3) is 0 Å². The van der Waals surface area contributed by atoms with Crippen LogP contribution in [0.2, 0.25) is 0 Å². The molecule has 1 rings (SSSR count). The molecule has 0 saturated heterocycles. The van der Waals surface area contributed by atoms with Crippen LogP contribution in [-0.2, 0) is 10.0 Å². The number of carbonyl (C=O) groups excluding carboxylic acids is 1. The molecule has 1 aromatic carbocycles. The topological polar surface area (TPSA) is 89.3 Å². The molecule has 1 amide bonds. The first-order chi connectivity index (χ1) is 8.74. The molecule has 0 aliphatic heterocycles. The Morgan fingerprint density at radius 2 is 2.05 bits per heavy atom. The molecule has 19 heavy (non-hydrogen) atoms. The summed E-state index contributed by atoms with van der Waals surface area (Å²) in [5.41, 5.74) is -0.0630. The van der Waals surface area contributed by atoms with Crippen LogP contribution in [0.3, 0.4) is 0 Å². The Hall–Kier alpha value is -1.47. The van der Waals surface area contributed by atoms with Gasteiger partial charge in [-0.15, -0.1) is 0 Å². The van der Waals surface area contributed by atoms with E-state index in [9.17, 15) is 17.6 Å². The number of nitrogens with one attached hydrogen (secondary N) is 1. The molecule has 3 N–H and O–H groups in total. The highest BCUT2D eigenvalue weighted by atomic mass is 32.2. The second-order valence-corrected chi connectivity index (χ2v) is 5.95. The standard InChI is InChI=1S/C12H17FN2O3S/c1-3-4-8(2)15-12(16)9-5-10(13)7-11(6-9)19(14,17)18/h5-8H,3-4H2,1-2H3,(H,15,16)(H2,14,17,18). The van der Waals surface area contributed by atoms with E-state index in [2.05, 4.69) is 5.32 Å². The SMILES string of the molecule is CCCC(C)NC(=O)c1cc(F)cc(S(N)(=O)=O)c1. The number of benzene rings is 1. The van der Waals surface area contributed by atoms with Crippen LogP contribution >= 0.6 is 0 Å². The molecule has 0 aromatic heterocycles. The first kappa shape index (κ1) is 15.6. The highest BCUT2D eigenvalue weighted by Gasteiger charge is 2.15. The molecule has 5 nitrogen and oxygen atoms in total. The third-order valence-corrected chi connectivity index (χ3v) is 3.45. The molecule has 1 atom stereocenters. The van der Waals surface area contributed by atoms with Crippen molar-refractivity contribution in [3.05, 3.63) is 29.6 Å². The molecule has 0 aliphatic rings. The molecule has 1 aromatic rings. The molecule has 0 heterocycles. The molecule has 0 aliphatic carbocycles. The van der Waals surface area contributed by atoms with Crippen molar-refractivity contribution in [2.24, 2.45) is 5.14 Å². The lowest BCUT2D eigenvalue weighted by Crippen LogP contribution is -2.32. The Bertz CT molecular complexity index is 572. The van der Waals surface area contributed by atoms with Gasteiger partial charge in [-0.25, -0.2) is 17.9 Å². The zero-order chi connectivity index (χ0) is 14.6. The van der Waals surface area contributed by atoms with Crippen LogP contribution in [0.1, 0.15) is 37.0 Å². The van der Waals surface area contributed by atoms with Crippen LogP contribution in [0.5, 0.6) is 0 Å². The summed E-state index contributed by atoms with van der Waals surface area (Å²) < 4.78 is 35.6. The van der Waals surface area contributed by atoms with Gasteiger partial charge in [0.05, 0.1) is 4.90 Å². The van der Waals surface area contributed by atoms with Gasteiger partial charge in [-0.1, -0.05) is 13.3 Å². The molecular weight excluding hydrogens is 271 g/mol. The van der Waals surface area contributed by atoms with Crippen LogP contribution in [0.4, 0.5) is 4.39 Å². The summed E-state index contributed by atoms with van der Waals surface area (Å²) >= 11 is 0. The minimum Gasteiger partial charge on any atom is -0.350 e. The van der Waals surface area contributed by atoms with Gasteiger partial charge in [0.2, 0.25) is 10.0 Å². The second kappa shape index (κ2) is 6.12. The highest BCUT2D eigenvalue weighted by molar-refractivity contribution is 7.89. The molecule has 7 heteroatoms. The maximum Gasteiger partial charge on any atom is 0.251 e. The minimum absolute atomic E-state index is 0.0630. The molecule has 106 valence electrons. The number of halogens is 1. The average Bonchev–Trinajstić information content (AvgIpc) is 2.27. The number of hydrogen-bond acceptors (Lipinski definition) is 3. The monoisotopic (exact) mass is 288 g/mol. The number of hydrogen-bond donors (Lipinski definition) is 2. The Balaban J connectivity index is 3.01. The van der Waals surface area contributed by atoms with Crippen molar-refractivity contribution >= 4 is 15.9 Å². The highest BCUT2D eigenvalue weighted by Crippen LogP contribution is 2.13. The summed E-state index contributed by atoms with van der Waals surface area (Å²) in [5.74, 6) is -1.34. The van der Waals surface area contributed by atoms with Crippen LogP contribution in [0, 0.1) is 5.82 Å². The molecule has 0 radical (unpaired) electrons. The van der Waals surface area contributed by atoms with Crippen molar-refractivity contribution in [1.29, 1.82) is 0 Å². The predicted molar refractivity (Wildman–Crippen MR) is 69.6 cm³/mol. The molecule has 0 spiro atoms. The van der Waals surface area contributed by atoms with Crippen molar-refractivity contribution in [3.8, 4) is 0 Å². The van der Waals surface area contributed by atoms with E-state index in [1.165, 1.54) is 0 Å². The van der Waals surface area contributed by atoms with Crippen LogP contribution in [0.15, 0.2) is 23.1 Å². The summed E-state index contributed by atoms with van der Waals surface area (Å²) in [5, 5.41) is 7.58. The summed E-state index contributed by atoms with van der Waals surface area (Å²) in [7, 11) is -4.04. The molecule has 0 fully saturated rings. The zero-order valence-corrected chi connectivity index (χ0v) is 11.6. The summed E-state index contributed by atoms with van der Waals surface area (Å²) in [6, 6.07) is 2.75. The average molecular weight is 288 g/mol. The predicted octanol–water partition coefficient (Wildman–Crippen LogP) is 1.39. The lowest BCUT2D eigenvalue weighted by atomic mass is 10.1. The quantitative estimate of drug-likeness (QED) is 0.858. The van der Waals surface area contributed by atoms with Crippen LogP contribution < -0.4 is 10.5 Å². The third kappa shape index (κ3) is 4.60. The number of nitrogens with two attached hydrogens (primary N) is 1. The fourth-order valence-electron chi connectivity index (χ4n) is 1.67. The molecular formula is C12H17FN2O3S. The normalized spacial score (nSPS) is 13.1. The van der Waals surface area contributed by atoms with Crippen molar-refractivity contribution < 1.29 is 17.6 Å². The van der Waals surface area contributed by atoms with Gasteiger partial charge in [-0.2, -0.15) is 0 Å². The van der Waals surface area contributed by atoms with Gasteiger partial charge >= 0.3 is 0 Å². The van der Waals surface area contributed by atoms with Gasteiger partial charge in [0, 0.05) is 11.6 Å². The minimum atomic E-state index is -4.04. The van der Waals surface area contributed by atoms with E-state index >= 15 is 0 Å². The lowest BCUT2D eigenvalue weighted by Gasteiger charge is -2.13. The Morgan fingerprint density at radius 3 is 2.58 bits per heavy atom. The largest absolute Gasteiger partial charge is 0.350 e. The second-order valence-electron chi connectivity index (χ2n) is 4.38. The van der Waals surface area contributed by atoms with E-state index in [-0.39, 0.29) is 11.6 Å². The van der Waals surface area contributed by atoms with E-state index in [0.29, 0.717) is 0 Å². The Kier molecular flexibility index (Phi) is 5.02. The van der Waals surface area contributed by atoms with Gasteiger partial charge in [0.15, 0.2) is 0 Å². The Morgan fingerprint density at radius 1 is 1.42 bits per heavy atom. The van der Waals surface area contributed by atoms with E-state index in [1.54, 1.807) is 0 Å². The summed E-state index contributed by atoms with van der Waals surface area (Å²) in [6.45, 7) is 3.80. The van der Waals surface area contributed by atoms with Gasteiger partial charge < -0.3 is 5.32 Å². The van der Waals surface area contributed by atoms with E-state index in [0.717, 1.165) is 31.0 Å².